The summed E-state index contributed by atoms with van der Waals surface area (Å²) in [5.74, 6) is 0.295. The topological polar surface area (TPSA) is 135 Å². The predicted octanol–water partition coefficient (Wildman–Crippen LogP) is 3.30. The number of methoxy groups -OCH3 is 1. The van der Waals surface area contributed by atoms with Gasteiger partial charge in [0.15, 0.2) is 0 Å². The van der Waals surface area contributed by atoms with Crippen LogP contribution in [0, 0.1) is 0 Å². The zero-order valence-corrected chi connectivity index (χ0v) is 27.5. The van der Waals surface area contributed by atoms with Gasteiger partial charge in [0.2, 0.25) is 17.7 Å². The Hall–Kier alpha value is -4.26. The molecule has 0 bridgehead atoms. The van der Waals surface area contributed by atoms with Gasteiger partial charge in [-0.25, -0.2) is 9.97 Å². The first-order valence-corrected chi connectivity index (χ1v) is 16.2. The molecular weight excluding hydrogens is 624 g/mol. The van der Waals surface area contributed by atoms with E-state index in [0.29, 0.717) is 63.0 Å². The van der Waals surface area contributed by atoms with E-state index in [-0.39, 0.29) is 36.3 Å². The van der Waals surface area contributed by atoms with Crippen molar-refractivity contribution in [1.82, 2.24) is 25.5 Å². The van der Waals surface area contributed by atoms with Crippen molar-refractivity contribution in [3.05, 3.63) is 76.6 Å². The van der Waals surface area contributed by atoms with E-state index in [9.17, 15) is 14.4 Å². The van der Waals surface area contributed by atoms with Crippen molar-refractivity contribution >= 4 is 35.0 Å². The fraction of sp³-hybridized carbons (Fsp3) is 0.441. The Morgan fingerprint density at radius 3 is 2.64 bits per heavy atom. The lowest BCUT2D eigenvalue weighted by Crippen LogP contribution is -2.61. The lowest BCUT2D eigenvalue weighted by molar-refractivity contribution is -0.136. The number of hydrogen-bond acceptors (Lipinski definition) is 9. The Morgan fingerprint density at radius 2 is 1.89 bits per heavy atom. The molecule has 0 unspecified atom stereocenters. The van der Waals surface area contributed by atoms with E-state index in [0.717, 1.165) is 35.3 Å². The molecule has 2 N–H and O–H groups in total. The van der Waals surface area contributed by atoms with Gasteiger partial charge in [-0.1, -0.05) is 41.9 Å². The molecule has 0 spiro atoms. The van der Waals surface area contributed by atoms with Crippen molar-refractivity contribution in [3.8, 4) is 11.8 Å². The van der Waals surface area contributed by atoms with Gasteiger partial charge in [0.1, 0.15) is 11.8 Å². The van der Waals surface area contributed by atoms with Crippen LogP contribution in [0.2, 0.25) is 5.02 Å². The molecule has 2 fully saturated rings. The van der Waals surface area contributed by atoms with Crippen LogP contribution in [0.15, 0.2) is 54.9 Å². The number of amides is 3. The molecule has 12 nitrogen and oxygen atoms in total. The maximum absolute atomic E-state index is 14.1. The van der Waals surface area contributed by atoms with E-state index < -0.39 is 6.04 Å². The number of ether oxygens (including phenoxy) is 3. The summed E-state index contributed by atoms with van der Waals surface area (Å²) in [6.45, 7) is 3.99. The zero-order valence-electron chi connectivity index (χ0n) is 26.7. The molecule has 13 heteroatoms. The van der Waals surface area contributed by atoms with Crippen molar-refractivity contribution in [2.75, 3.05) is 44.9 Å². The number of rotatable bonds is 16. The zero-order chi connectivity index (χ0) is 33.2. The number of para-hydroxylation sites is 1. The largest absolute Gasteiger partial charge is 0.496 e. The summed E-state index contributed by atoms with van der Waals surface area (Å²) in [4.78, 5) is 50.5. The molecule has 3 aromatic rings. The van der Waals surface area contributed by atoms with Gasteiger partial charge in [-0.15, -0.1) is 0 Å². The molecular formula is C34H41ClN6O6. The first-order valence-electron chi connectivity index (χ1n) is 15.8. The molecule has 1 saturated carbocycles. The molecule has 250 valence electrons. The minimum atomic E-state index is -0.769. The maximum Gasteiger partial charge on any atom is 0.316 e. The second-order valence-corrected chi connectivity index (χ2v) is 12.0. The number of carbonyl (C=O) groups excluding carboxylic acids is 3. The third kappa shape index (κ3) is 9.40. The highest BCUT2D eigenvalue weighted by atomic mass is 35.5. The summed E-state index contributed by atoms with van der Waals surface area (Å²) in [7, 11) is 1.63. The quantitative estimate of drug-likeness (QED) is 0.221. The lowest BCUT2D eigenvalue weighted by atomic mass is 10.1. The van der Waals surface area contributed by atoms with Crippen LogP contribution in [-0.2, 0) is 38.7 Å². The summed E-state index contributed by atoms with van der Waals surface area (Å²) >= 11 is 6.58. The molecule has 1 aromatic heterocycles. The van der Waals surface area contributed by atoms with Crippen LogP contribution in [0.1, 0.15) is 42.9 Å². The Kier molecular flexibility index (Phi) is 12.0. The van der Waals surface area contributed by atoms with Crippen LogP contribution >= 0.6 is 11.6 Å². The van der Waals surface area contributed by atoms with Gasteiger partial charge in [0, 0.05) is 49.6 Å². The molecule has 3 amide bonds. The van der Waals surface area contributed by atoms with Crippen molar-refractivity contribution in [3.63, 3.8) is 0 Å². The van der Waals surface area contributed by atoms with Gasteiger partial charge in [-0.2, -0.15) is 0 Å². The third-order valence-corrected chi connectivity index (χ3v) is 8.36. The maximum atomic E-state index is 14.1. The predicted molar refractivity (Wildman–Crippen MR) is 176 cm³/mol. The summed E-state index contributed by atoms with van der Waals surface area (Å²) in [5, 5.41) is 6.45. The SMILES string of the molecule is COc1ccccc1COCCCOc1ncc(N2C(=O)CNC[C@@H]2C(=O)N(Cc2cc(CCNC(C)=O)ccc2Cl)C2CC2)cn1. The number of nitrogens with one attached hydrogen (secondary N) is 2. The van der Waals surface area contributed by atoms with Crippen LogP contribution < -0.4 is 25.0 Å². The van der Waals surface area contributed by atoms with E-state index in [1.54, 1.807) is 7.11 Å². The average molecular weight is 665 g/mol. The standard InChI is InChI=1S/C34H41ClN6O6/c1-23(42)37-13-12-24-8-11-29(35)26(16-24)21-40(27-9-10-27)33(44)30-19-36-20-32(43)41(30)28-17-38-34(39-18-28)47-15-5-14-46-22-25-6-3-4-7-31(25)45-2/h3-4,6-8,11,16-18,27,30,36H,5,9-10,12-15,19-22H2,1-2H3,(H,37,42)/t30-/m1/s1. The van der Waals surface area contributed by atoms with Gasteiger partial charge in [0.25, 0.3) is 0 Å². The second-order valence-electron chi connectivity index (χ2n) is 11.6. The fourth-order valence-corrected chi connectivity index (χ4v) is 5.64. The highest BCUT2D eigenvalue weighted by Gasteiger charge is 2.41. The molecule has 2 aromatic carbocycles. The first-order chi connectivity index (χ1) is 22.8. The number of anilines is 1. The molecule has 2 heterocycles. The lowest BCUT2D eigenvalue weighted by Gasteiger charge is -2.38. The van der Waals surface area contributed by atoms with Crippen molar-refractivity contribution in [2.45, 2.75) is 57.8 Å². The van der Waals surface area contributed by atoms with Crippen molar-refractivity contribution in [2.24, 2.45) is 0 Å². The van der Waals surface area contributed by atoms with Crippen molar-refractivity contribution in [1.29, 1.82) is 0 Å². The molecule has 47 heavy (non-hydrogen) atoms. The van der Waals surface area contributed by atoms with E-state index in [1.165, 1.54) is 24.2 Å². The van der Waals surface area contributed by atoms with E-state index >= 15 is 0 Å². The van der Waals surface area contributed by atoms with Gasteiger partial charge < -0.3 is 29.7 Å². The van der Waals surface area contributed by atoms with Crippen LogP contribution in [-0.4, -0.2) is 84.6 Å². The molecule has 1 saturated heterocycles. The smallest absolute Gasteiger partial charge is 0.316 e. The summed E-state index contributed by atoms with van der Waals surface area (Å²) < 4.78 is 16.8. The molecule has 2 aliphatic rings. The highest BCUT2D eigenvalue weighted by molar-refractivity contribution is 6.31. The minimum absolute atomic E-state index is 0.0752. The number of benzene rings is 2. The first kappa shape index (κ1) is 34.1. The summed E-state index contributed by atoms with van der Waals surface area (Å²) in [6, 6.07) is 12.9. The van der Waals surface area contributed by atoms with Crippen LogP contribution in [0.5, 0.6) is 11.8 Å². The Balaban J connectivity index is 1.18. The number of nitrogens with zero attached hydrogens (tertiary/aromatic N) is 4. The van der Waals surface area contributed by atoms with Gasteiger partial charge in [0.05, 0.1) is 51.6 Å². The summed E-state index contributed by atoms with van der Waals surface area (Å²) in [5.41, 5.74) is 3.24. The number of piperazine rings is 1. The van der Waals surface area contributed by atoms with E-state index in [1.807, 2.05) is 47.4 Å². The second kappa shape index (κ2) is 16.5. The van der Waals surface area contributed by atoms with Gasteiger partial charge in [-0.3, -0.25) is 19.3 Å². The normalized spacial score (nSPS) is 16.1. The number of carbonyl (C=O) groups is 3. The summed E-state index contributed by atoms with van der Waals surface area (Å²) in [6.07, 6.45) is 6.09. The Labute approximate surface area is 279 Å². The molecule has 0 radical (unpaired) electrons. The average Bonchev–Trinajstić information content (AvgIpc) is 3.92. The van der Waals surface area contributed by atoms with Gasteiger partial charge >= 0.3 is 6.01 Å². The van der Waals surface area contributed by atoms with Crippen LogP contribution in [0.25, 0.3) is 0 Å². The van der Waals surface area contributed by atoms with E-state index in [2.05, 4.69) is 20.6 Å². The fourth-order valence-electron chi connectivity index (χ4n) is 5.46. The van der Waals surface area contributed by atoms with E-state index in [4.69, 9.17) is 25.8 Å². The Bertz CT molecular complexity index is 1540. The highest BCUT2D eigenvalue weighted by Crippen LogP contribution is 2.32. The molecule has 1 atom stereocenters. The van der Waals surface area contributed by atoms with Gasteiger partial charge in [-0.05, 0) is 42.5 Å². The van der Waals surface area contributed by atoms with Crippen molar-refractivity contribution < 1.29 is 28.6 Å². The molecule has 1 aliphatic heterocycles. The monoisotopic (exact) mass is 664 g/mol. The number of halogens is 1. The number of aromatic nitrogens is 2. The van der Waals surface area contributed by atoms with Crippen LogP contribution in [0.4, 0.5) is 5.69 Å². The van der Waals surface area contributed by atoms with Crippen LogP contribution in [0.3, 0.4) is 0 Å². The third-order valence-electron chi connectivity index (χ3n) is 8.00. The minimum Gasteiger partial charge on any atom is -0.496 e. The molecule has 5 rings (SSSR count). The number of hydrogen-bond donors (Lipinski definition) is 2. The molecule has 1 aliphatic carbocycles. The Morgan fingerprint density at radius 1 is 1.11 bits per heavy atom.